The third-order valence-corrected chi connectivity index (χ3v) is 6.02. The van der Waals surface area contributed by atoms with E-state index < -0.39 is 5.97 Å². The van der Waals surface area contributed by atoms with Gasteiger partial charge in [-0.1, -0.05) is 0 Å². The Morgan fingerprint density at radius 3 is 3.03 bits per heavy atom. The van der Waals surface area contributed by atoms with E-state index in [0.717, 1.165) is 23.0 Å². The van der Waals surface area contributed by atoms with Crippen molar-refractivity contribution in [3.8, 4) is 11.3 Å². The molecular weight excluding hydrogens is 424 g/mol. The molecule has 0 bridgehead atoms. The predicted octanol–water partition coefficient (Wildman–Crippen LogP) is 2.94. The molecule has 2 atom stereocenters. The molecule has 0 spiro atoms. The SMILES string of the molecule is CCOC(=O)c1cnn2c(NC)cc(-c3cn(C4CCOCC4OC)c4ncccc34)nc12. The summed E-state index contributed by atoms with van der Waals surface area (Å²) in [6.45, 7) is 3.25. The van der Waals surface area contributed by atoms with Crippen molar-refractivity contribution < 1.29 is 19.0 Å². The van der Waals surface area contributed by atoms with Gasteiger partial charge >= 0.3 is 5.97 Å². The zero-order chi connectivity index (χ0) is 22.9. The summed E-state index contributed by atoms with van der Waals surface area (Å²) in [6.07, 6.45) is 6.09. The number of nitrogens with zero attached hydrogens (tertiary/aromatic N) is 5. The molecule has 1 fully saturated rings. The molecule has 1 aliphatic heterocycles. The smallest absolute Gasteiger partial charge is 0.343 e. The molecular formula is C23H26N6O4. The Hall–Kier alpha value is -3.50. The number of esters is 1. The maximum Gasteiger partial charge on any atom is 0.343 e. The minimum absolute atomic E-state index is 0.0715. The molecule has 0 aromatic carbocycles. The number of rotatable bonds is 6. The first-order valence-electron chi connectivity index (χ1n) is 11.0. The lowest BCUT2D eigenvalue weighted by atomic mass is 10.1. The molecule has 10 nitrogen and oxygen atoms in total. The number of fused-ring (bicyclic) bond motifs is 2. The van der Waals surface area contributed by atoms with Crippen molar-refractivity contribution >= 4 is 28.5 Å². The normalized spacial score (nSPS) is 18.6. The lowest BCUT2D eigenvalue weighted by Crippen LogP contribution is -2.35. The van der Waals surface area contributed by atoms with Crippen molar-refractivity contribution in [3.05, 3.63) is 42.4 Å². The molecule has 4 aromatic heterocycles. The monoisotopic (exact) mass is 450 g/mol. The quantitative estimate of drug-likeness (QED) is 0.447. The fourth-order valence-electron chi connectivity index (χ4n) is 4.42. The van der Waals surface area contributed by atoms with Crippen LogP contribution in [0.1, 0.15) is 29.7 Å². The Balaban J connectivity index is 1.70. The van der Waals surface area contributed by atoms with Crippen LogP contribution in [0.15, 0.2) is 36.8 Å². The summed E-state index contributed by atoms with van der Waals surface area (Å²) in [5.74, 6) is 0.254. The van der Waals surface area contributed by atoms with Gasteiger partial charge in [-0.3, -0.25) is 0 Å². The van der Waals surface area contributed by atoms with Gasteiger partial charge in [0.2, 0.25) is 0 Å². The average molecular weight is 450 g/mol. The number of hydrogen-bond donors (Lipinski definition) is 1. The molecule has 1 aliphatic rings. The Morgan fingerprint density at radius 2 is 2.24 bits per heavy atom. The van der Waals surface area contributed by atoms with Gasteiger partial charge in [0, 0.05) is 50.2 Å². The summed E-state index contributed by atoms with van der Waals surface area (Å²) in [6, 6.07) is 5.95. The van der Waals surface area contributed by atoms with E-state index in [1.54, 1.807) is 31.8 Å². The van der Waals surface area contributed by atoms with Crippen LogP contribution in [-0.4, -0.2) is 70.2 Å². The molecule has 1 N–H and O–H groups in total. The van der Waals surface area contributed by atoms with Crippen LogP contribution in [0.2, 0.25) is 0 Å². The van der Waals surface area contributed by atoms with Crippen LogP contribution in [0.25, 0.3) is 27.9 Å². The third kappa shape index (κ3) is 3.61. The first kappa shape index (κ1) is 21.4. The van der Waals surface area contributed by atoms with Crippen LogP contribution in [0.4, 0.5) is 5.82 Å². The van der Waals surface area contributed by atoms with Crippen LogP contribution in [0.3, 0.4) is 0 Å². The van der Waals surface area contributed by atoms with Crippen molar-refractivity contribution in [2.45, 2.75) is 25.5 Å². The molecule has 0 radical (unpaired) electrons. The molecule has 0 aliphatic carbocycles. The number of methoxy groups -OCH3 is 1. The summed E-state index contributed by atoms with van der Waals surface area (Å²) in [5.41, 5.74) is 3.22. The fourth-order valence-corrected chi connectivity index (χ4v) is 4.42. The van der Waals surface area contributed by atoms with Crippen molar-refractivity contribution in [1.82, 2.24) is 24.1 Å². The van der Waals surface area contributed by atoms with Gasteiger partial charge in [0.1, 0.15) is 23.1 Å². The van der Waals surface area contributed by atoms with E-state index >= 15 is 0 Å². The van der Waals surface area contributed by atoms with Gasteiger partial charge in [-0.25, -0.2) is 14.8 Å². The standard InChI is InChI=1S/C23H26N6O4/c1-4-33-23(30)15-11-26-29-20(24-2)10-17(27-22(15)29)16-12-28(21-14(16)6-5-8-25-21)18-7-9-32-13-19(18)31-3/h5-6,8,10-12,18-19,24H,4,7,9,13H2,1-3H3. The molecule has 172 valence electrons. The van der Waals surface area contributed by atoms with Gasteiger partial charge in [0.25, 0.3) is 0 Å². The van der Waals surface area contributed by atoms with E-state index in [1.165, 1.54) is 6.20 Å². The first-order chi connectivity index (χ1) is 16.2. The highest BCUT2D eigenvalue weighted by Gasteiger charge is 2.30. The molecule has 0 amide bonds. The molecule has 4 aromatic rings. The largest absolute Gasteiger partial charge is 0.462 e. The number of ether oxygens (including phenoxy) is 3. The topological polar surface area (TPSA) is 105 Å². The second-order valence-electron chi connectivity index (χ2n) is 7.82. The lowest BCUT2D eigenvalue weighted by molar-refractivity contribution is -0.0592. The van der Waals surface area contributed by atoms with E-state index in [2.05, 4.69) is 26.2 Å². The first-order valence-corrected chi connectivity index (χ1v) is 11.0. The minimum Gasteiger partial charge on any atom is -0.462 e. The third-order valence-electron chi connectivity index (χ3n) is 6.02. The van der Waals surface area contributed by atoms with E-state index in [-0.39, 0.29) is 18.8 Å². The molecule has 5 heterocycles. The maximum atomic E-state index is 12.5. The Kier molecular flexibility index (Phi) is 5.69. The van der Waals surface area contributed by atoms with E-state index in [4.69, 9.17) is 19.2 Å². The molecule has 5 rings (SSSR count). The van der Waals surface area contributed by atoms with Crippen LogP contribution >= 0.6 is 0 Å². The van der Waals surface area contributed by atoms with Gasteiger partial charge < -0.3 is 24.1 Å². The van der Waals surface area contributed by atoms with Gasteiger partial charge in [-0.2, -0.15) is 9.61 Å². The van der Waals surface area contributed by atoms with Crippen molar-refractivity contribution in [2.75, 3.05) is 39.3 Å². The molecule has 0 saturated carbocycles. The van der Waals surface area contributed by atoms with Gasteiger partial charge in [-0.05, 0) is 25.5 Å². The number of hydrogen-bond acceptors (Lipinski definition) is 8. The second kappa shape index (κ2) is 8.80. The van der Waals surface area contributed by atoms with Crippen LogP contribution in [-0.2, 0) is 14.2 Å². The summed E-state index contributed by atoms with van der Waals surface area (Å²) in [5, 5.41) is 8.45. The van der Waals surface area contributed by atoms with Crippen LogP contribution in [0.5, 0.6) is 0 Å². The number of carbonyl (C=O) groups excluding carboxylic acids is 1. The Labute approximate surface area is 190 Å². The second-order valence-corrected chi connectivity index (χ2v) is 7.82. The van der Waals surface area contributed by atoms with E-state index in [0.29, 0.717) is 35.9 Å². The summed E-state index contributed by atoms with van der Waals surface area (Å²) >= 11 is 0. The highest BCUT2D eigenvalue weighted by molar-refractivity contribution is 5.98. The highest BCUT2D eigenvalue weighted by Crippen LogP contribution is 2.35. The summed E-state index contributed by atoms with van der Waals surface area (Å²) in [7, 11) is 3.51. The zero-order valence-electron chi connectivity index (χ0n) is 18.8. The predicted molar refractivity (Wildman–Crippen MR) is 122 cm³/mol. The van der Waals surface area contributed by atoms with Crippen molar-refractivity contribution in [2.24, 2.45) is 0 Å². The Morgan fingerprint density at radius 1 is 1.36 bits per heavy atom. The van der Waals surface area contributed by atoms with Crippen LogP contribution < -0.4 is 5.32 Å². The lowest BCUT2D eigenvalue weighted by Gasteiger charge is -2.31. The number of anilines is 1. The summed E-state index contributed by atoms with van der Waals surface area (Å²) in [4.78, 5) is 22.0. The molecule has 33 heavy (non-hydrogen) atoms. The Bertz CT molecular complexity index is 1310. The molecule has 2 unspecified atom stereocenters. The number of carbonyl (C=O) groups is 1. The maximum absolute atomic E-state index is 12.5. The molecule has 1 saturated heterocycles. The van der Waals surface area contributed by atoms with Crippen molar-refractivity contribution in [3.63, 3.8) is 0 Å². The molecule has 10 heteroatoms. The van der Waals surface area contributed by atoms with E-state index in [1.807, 2.05) is 18.2 Å². The van der Waals surface area contributed by atoms with Crippen LogP contribution in [0, 0.1) is 0 Å². The minimum atomic E-state index is -0.451. The fraction of sp³-hybridized carbons (Fsp3) is 0.391. The highest BCUT2D eigenvalue weighted by atomic mass is 16.5. The van der Waals surface area contributed by atoms with Gasteiger partial charge in [0.05, 0.1) is 31.1 Å². The average Bonchev–Trinajstić information content (AvgIpc) is 3.45. The van der Waals surface area contributed by atoms with Crippen molar-refractivity contribution in [1.29, 1.82) is 0 Å². The van der Waals surface area contributed by atoms with Gasteiger partial charge in [0.15, 0.2) is 5.65 Å². The zero-order valence-corrected chi connectivity index (χ0v) is 18.8. The summed E-state index contributed by atoms with van der Waals surface area (Å²) < 4.78 is 20.3. The number of pyridine rings is 1. The van der Waals surface area contributed by atoms with E-state index in [9.17, 15) is 4.79 Å². The number of aromatic nitrogens is 5. The van der Waals surface area contributed by atoms with Gasteiger partial charge in [-0.15, -0.1) is 0 Å². The number of nitrogens with one attached hydrogen (secondary N) is 1.